The smallest absolute Gasteiger partial charge is 0.264 e. The van der Waals surface area contributed by atoms with Gasteiger partial charge in [-0.25, -0.2) is 8.42 Å². The normalized spacial score (nSPS) is 12.6. The molecular weight excluding hydrogens is 657 g/mol. The zero-order valence-electron chi connectivity index (χ0n) is 26.8. The molecule has 4 aromatic rings. The van der Waals surface area contributed by atoms with E-state index in [-0.39, 0.29) is 35.5 Å². The Morgan fingerprint density at radius 2 is 1.49 bits per heavy atom. The van der Waals surface area contributed by atoms with Gasteiger partial charge < -0.3 is 15.0 Å². The van der Waals surface area contributed by atoms with E-state index in [9.17, 15) is 18.0 Å². The van der Waals surface area contributed by atoms with Crippen molar-refractivity contribution >= 4 is 50.7 Å². The summed E-state index contributed by atoms with van der Waals surface area (Å²) in [6.07, 6.45) is 0.987. The molecule has 0 radical (unpaired) electrons. The van der Waals surface area contributed by atoms with Crippen LogP contribution < -0.4 is 14.4 Å². The van der Waals surface area contributed by atoms with Crippen molar-refractivity contribution in [2.75, 3.05) is 10.8 Å². The van der Waals surface area contributed by atoms with E-state index in [1.165, 1.54) is 17.0 Å². The van der Waals surface area contributed by atoms with Gasteiger partial charge >= 0.3 is 0 Å². The van der Waals surface area contributed by atoms with Gasteiger partial charge in [0.15, 0.2) is 0 Å². The number of para-hydroxylation sites is 1. The second-order valence-electron chi connectivity index (χ2n) is 11.2. The Morgan fingerprint density at radius 3 is 2.09 bits per heavy atom. The number of hydrogen-bond acceptors (Lipinski definition) is 5. The van der Waals surface area contributed by atoms with E-state index < -0.39 is 28.5 Å². The lowest BCUT2D eigenvalue weighted by atomic mass is 10.1. The van der Waals surface area contributed by atoms with E-state index in [0.29, 0.717) is 33.5 Å². The van der Waals surface area contributed by atoms with Gasteiger partial charge in [-0.05, 0) is 92.9 Å². The third-order valence-corrected chi connectivity index (χ3v) is 10.1. The Morgan fingerprint density at radius 1 is 0.851 bits per heavy atom. The summed E-state index contributed by atoms with van der Waals surface area (Å²) in [5.41, 5.74) is 1.70. The summed E-state index contributed by atoms with van der Waals surface area (Å²) in [4.78, 5) is 29.3. The van der Waals surface area contributed by atoms with E-state index in [0.717, 1.165) is 9.87 Å². The highest BCUT2D eigenvalue weighted by molar-refractivity contribution is 7.92. The van der Waals surface area contributed by atoms with Crippen molar-refractivity contribution in [3.05, 3.63) is 118 Å². The summed E-state index contributed by atoms with van der Waals surface area (Å²) in [7, 11) is -4.23. The number of benzene rings is 4. The summed E-state index contributed by atoms with van der Waals surface area (Å²) >= 11 is 12.6. The van der Waals surface area contributed by atoms with Crippen LogP contribution in [0.4, 0.5) is 5.69 Å². The molecule has 1 N–H and O–H groups in total. The number of carbonyl (C=O) groups is 2. The highest BCUT2D eigenvalue weighted by Gasteiger charge is 2.34. The maximum absolute atomic E-state index is 14.4. The Labute approximate surface area is 287 Å². The summed E-state index contributed by atoms with van der Waals surface area (Å²) in [6, 6.07) is 26.0. The SMILES string of the molecule is CC[C@@H](C)NC(=O)[C@H](CC)N(Cc1ccc(Cl)cc1Cl)C(=O)CN(c1ccc(Oc2ccccc2)cc1)S(=O)(=O)c1ccc(C)cc1. The van der Waals surface area contributed by atoms with Crippen LogP contribution >= 0.6 is 23.2 Å². The number of ether oxygens (including phenoxy) is 1. The third-order valence-electron chi connectivity index (χ3n) is 7.73. The lowest BCUT2D eigenvalue weighted by Gasteiger charge is -2.34. The predicted molar refractivity (Wildman–Crippen MR) is 188 cm³/mol. The van der Waals surface area contributed by atoms with Crippen molar-refractivity contribution in [2.45, 2.75) is 64.1 Å². The summed E-state index contributed by atoms with van der Waals surface area (Å²) in [5, 5.41) is 3.71. The van der Waals surface area contributed by atoms with Crippen molar-refractivity contribution in [3.63, 3.8) is 0 Å². The number of hydrogen-bond donors (Lipinski definition) is 1. The number of rotatable bonds is 14. The zero-order chi connectivity index (χ0) is 34.1. The topological polar surface area (TPSA) is 96.0 Å². The number of aryl methyl sites for hydroxylation is 1. The van der Waals surface area contributed by atoms with Crippen LogP contribution in [0.2, 0.25) is 10.0 Å². The largest absolute Gasteiger partial charge is 0.457 e. The molecular formula is C36H39Cl2N3O5S. The fourth-order valence-electron chi connectivity index (χ4n) is 4.87. The molecule has 2 atom stereocenters. The van der Waals surface area contributed by atoms with E-state index in [1.807, 2.05) is 51.1 Å². The number of carbonyl (C=O) groups excluding carboxylic acids is 2. The van der Waals surface area contributed by atoms with Gasteiger partial charge in [-0.15, -0.1) is 0 Å². The first kappa shape index (κ1) is 35.8. The minimum absolute atomic E-state index is 0.0226. The van der Waals surface area contributed by atoms with Gasteiger partial charge in [0.2, 0.25) is 11.8 Å². The van der Waals surface area contributed by atoms with Crippen molar-refractivity contribution in [1.29, 1.82) is 0 Å². The molecule has 0 aliphatic carbocycles. The monoisotopic (exact) mass is 695 g/mol. The minimum atomic E-state index is -4.23. The molecule has 0 saturated carbocycles. The maximum atomic E-state index is 14.4. The fraction of sp³-hybridized carbons (Fsp3) is 0.278. The van der Waals surface area contributed by atoms with Crippen LogP contribution in [-0.2, 0) is 26.2 Å². The van der Waals surface area contributed by atoms with E-state index in [1.54, 1.807) is 61.5 Å². The first-order chi connectivity index (χ1) is 22.4. The van der Waals surface area contributed by atoms with E-state index in [4.69, 9.17) is 27.9 Å². The average Bonchev–Trinajstić information content (AvgIpc) is 3.05. The number of nitrogens with zero attached hydrogens (tertiary/aromatic N) is 2. The molecule has 2 amide bonds. The van der Waals surface area contributed by atoms with Gasteiger partial charge in [-0.2, -0.15) is 0 Å². The summed E-state index contributed by atoms with van der Waals surface area (Å²) in [5.74, 6) is 0.196. The predicted octanol–water partition coefficient (Wildman–Crippen LogP) is 8.01. The molecule has 0 unspecified atom stereocenters. The highest BCUT2D eigenvalue weighted by atomic mass is 35.5. The molecule has 4 rings (SSSR count). The summed E-state index contributed by atoms with van der Waals surface area (Å²) in [6.45, 7) is 6.88. The van der Waals surface area contributed by atoms with Crippen molar-refractivity contribution < 1.29 is 22.7 Å². The van der Waals surface area contributed by atoms with Gasteiger partial charge in [-0.3, -0.25) is 13.9 Å². The molecule has 0 spiro atoms. The number of nitrogens with one attached hydrogen (secondary N) is 1. The van der Waals surface area contributed by atoms with Crippen molar-refractivity contribution in [1.82, 2.24) is 10.2 Å². The second-order valence-corrected chi connectivity index (χ2v) is 13.9. The lowest BCUT2D eigenvalue weighted by molar-refractivity contribution is -0.140. The number of halogens is 2. The molecule has 248 valence electrons. The molecule has 0 aromatic heterocycles. The molecule has 11 heteroatoms. The molecule has 0 bridgehead atoms. The molecule has 47 heavy (non-hydrogen) atoms. The molecule has 0 heterocycles. The third kappa shape index (κ3) is 9.28. The van der Waals surface area contributed by atoms with Gasteiger partial charge in [0, 0.05) is 22.6 Å². The molecule has 8 nitrogen and oxygen atoms in total. The molecule has 0 aliphatic heterocycles. The van der Waals surface area contributed by atoms with Crippen molar-refractivity contribution in [2.24, 2.45) is 0 Å². The molecule has 0 aliphatic rings. The van der Waals surface area contributed by atoms with Crippen LogP contribution in [0.15, 0.2) is 102 Å². The minimum Gasteiger partial charge on any atom is -0.457 e. The van der Waals surface area contributed by atoms with Gasteiger partial charge in [0.25, 0.3) is 10.0 Å². The first-order valence-electron chi connectivity index (χ1n) is 15.4. The number of sulfonamides is 1. The van der Waals surface area contributed by atoms with Gasteiger partial charge in [0.05, 0.1) is 10.6 Å². The Bertz CT molecular complexity index is 1770. The van der Waals surface area contributed by atoms with Crippen LogP contribution in [0.5, 0.6) is 11.5 Å². The Hall–Kier alpha value is -4.05. The Kier molecular flexibility index (Phi) is 12.3. The quantitative estimate of drug-likeness (QED) is 0.144. The van der Waals surface area contributed by atoms with E-state index in [2.05, 4.69) is 5.32 Å². The van der Waals surface area contributed by atoms with E-state index >= 15 is 0 Å². The Balaban J connectivity index is 1.74. The lowest BCUT2D eigenvalue weighted by Crippen LogP contribution is -2.53. The summed E-state index contributed by atoms with van der Waals surface area (Å²) < 4.78 is 35.4. The standard InChI is InChI=1S/C36H39Cl2N3O5S/c1-5-26(4)39-36(43)34(6-2)40(23-27-14-15-28(37)22-33(27)38)35(42)24-41(47(44,45)32-20-12-25(3)13-21-32)29-16-18-31(19-17-29)46-30-10-8-7-9-11-30/h7-22,26,34H,5-6,23-24H2,1-4H3,(H,39,43)/t26-,34+/m1/s1. The van der Waals surface area contributed by atoms with Crippen molar-refractivity contribution in [3.8, 4) is 11.5 Å². The average molecular weight is 697 g/mol. The highest BCUT2D eigenvalue weighted by Crippen LogP contribution is 2.30. The van der Waals surface area contributed by atoms with Crippen LogP contribution in [0.1, 0.15) is 44.7 Å². The van der Waals surface area contributed by atoms with Crippen LogP contribution in [-0.4, -0.2) is 43.8 Å². The van der Waals surface area contributed by atoms with Gasteiger partial charge in [-0.1, -0.05) is 79.0 Å². The molecule has 0 saturated heterocycles. The van der Waals surface area contributed by atoms with Crippen LogP contribution in [0.3, 0.4) is 0 Å². The van der Waals surface area contributed by atoms with Crippen LogP contribution in [0.25, 0.3) is 0 Å². The molecule has 4 aromatic carbocycles. The molecule has 0 fully saturated rings. The maximum Gasteiger partial charge on any atom is 0.264 e. The zero-order valence-corrected chi connectivity index (χ0v) is 29.1. The first-order valence-corrected chi connectivity index (χ1v) is 17.6. The van der Waals surface area contributed by atoms with Gasteiger partial charge in [0.1, 0.15) is 24.1 Å². The second kappa shape index (κ2) is 16.2. The number of anilines is 1. The fourth-order valence-corrected chi connectivity index (χ4v) is 6.75. The van der Waals surface area contributed by atoms with Crippen LogP contribution in [0, 0.1) is 6.92 Å². The number of amides is 2.